The molecular weight excluding hydrogens is 316 g/mol. The Labute approximate surface area is 145 Å². The molecule has 0 saturated carbocycles. The summed E-state index contributed by atoms with van der Waals surface area (Å²) in [5.41, 5.74) is 1.45. The van der Waals surface area contributed by atoms with Crippen molar-refractivity contribution in [2.75, 3.05) is 31.1 Å². The summed E-state index contributed by atoms with van der Waals surface area (Å²) in [6.45, 7) is 4.99. The third kappa shape index (κ3) is 2.93. The summed E-state index contributed by atoms with van der Waals surface area (Å²) in [6.07, 6.45) is 4.43. The summed E-state index contributed by atoms with van der Waals surface area (Å²) in [5, 5.41) is 8.27. The van der Waals surface area contributed by atoms with Gasteiger partial charge in [-0.2, -0.15) is 0 Å². The van der Waals surface area contributed by atoms with Crippen LogP contribution >= 0.6 is 0 Å². The molecule has 0 unspecified atom stereocenters. The second-order valence-corrected chi connectivity index (χ2v) is 6.08. The lowest BCUT2D eigenvalue weighted by molar-refractivity contribution is 0.0746. The van der Waals surface area contributed by atoms with Gasteiger partial charge in [-0.05, 0) is 24.3 Å². The second kappa shape index (κ2) is 6.51. The van der Waals surface area contributed by atoms with Crippen LogP contribution in [-0.2, 0) is 6.42 Å². The molecular formula is C18H20N6O. The van der Waals surface area contributed by atoms with Crippen molar-refractivity contribution in [1.82, 2.24) is 24.5 Å². The van der Waals surface area contributed by atoms with Crippen LogP contribution in [0.25, 0.3) is 5.65 Å². The van der Waals surface area contributed by atoms with Crippen LogP contribution in [0.5, 0.6) is 0 Å². The molecule has 4 rings (SSSR count). The summed E-state index contributed by atoms with van der Waals surface area (Å²) >= 11 is 0. The molecule has 3 aromatic heterocycles. The second-order valence-electron chi connectivity index (χ2n) is 6.08. The zero-order valence-corrected chi connectivity index (χ0v) is 14.2. The third-order valence-electron chi connectivity index (χ3n) is 4.58. The summed E-state index contributed by atoms with van der Waals surface area (Å²) in [5.74, 6) is 1.89. The number of aryl methyl sites for hydroxylation is 1. The van der Waals surface area contributed by atoms with Crippen LogP contribution in [0.2, 0.25) is 0 Å². The maximum absolute atomic E-state index is 12.8. The molecule has 1 aliphatic heterocycles. The van der Waals surface area contributed by atoms with Crippen LogP contribution < -0.4 is 4.90 Å². The molecule has 1 amide bonds. The van der Waals surface area contributed by atoms with E-state index in [0.717, 1.165) is 36.8 Å². The van der Waals surface area contributed by atoms with Crippen LogP contribution in [0.15, 0.2) is 42.7 Å². The Bertz CT molecular complexity index is 883. The normalized spacial score (nSPS) is 14.9. The first kappa shape index (κ1) is 15.6. The summed E-state index contributed by atoms with van der Waals surface area (Å²) in [4.78, 5) is 21.3. The topological polar surface area (TPSA) is 66.6 Å². The Kier molecular flexibility index (Phi) is 4.05. The minimum absolute atomic E-state index is 0.0540. The van der Waals surface area contributed by atoms with E-state index in [-0.39, 0.29) is 5.91 Å². The largest absolute Gasteiger partial charge is 0.353 e. The molecule has 3 aromatic rings. The molecule has 1 aliphatic rings. The smallest absolute Gasteiger partial charge is 0.255 e. The minimum Gasteiger partial charge on any atom is -0.353 e. The number of aromatic nitrogens is 4. The lowest BCUT2D eigenvalue weighted by Gasteiger charge is -2.35. The van der Waals surface area contributed by atoms with Crippen molar-refractivity contribution in [3.8, 4) is 0 Å². The van der Waals surface area contributed by atoms with Gasteiger partial charge in [0, 0.05) is 45.0 Å². The lowest BCUT2D eigenvalue weighted by Crippen LogP contribution is -2.49. The van der Waals surface area contributed by atoms with Crippen molar-refractivity contribution < 1.29 is 4.79 Å². The fourth-order valence-electron chi connectivity index (χ4n) is 3.17. The van der Waals surface area contributed by atoms with Gasteiger partial charge in [0.05, 0.1) is 5.56 Å². The molecule has 0 bridgehead atoms. The number of carbonyl (C=O) groups is 1. The molecule has 0 spiro atoms. The third-order valence-corrected chi connectivity index (χ3v) is 4.58. The fourth-order valence-corrected chi connectivity index (χ4v) is 3.17. The van der Waals surface area contributed by atoms with Gasteiger partial charge >= 0.3 is 0 Å². The molecule has 7 heteroatoms. The molecule has 128 valence electrons. The zero-order valence-electron chi connectivity index (χ0n) is 14.2. The van der Waals surface area contributed by atoms with Crippen molar-refractivity contribution >= 4 is 17.4 Å². The van der Waals surface area contributed by atoms with Gasteiger partial charge in [-0.3, -0.25) is 9.20 Å². The van der Waals surface area contributed by atoms with Crippen molar-refractivity contribution in [1.29, 1.82) is 0 Å². The number of fused-ring (bicyclic) bond motifs is 1. The van der Waals surface area contributed by atoms with Gasteiger partial charge in [0.2, 0.25) is 0 Å². The Hall–Kier alpha value is -2.96. The van der Waals surface area contributed by atoms with Crippen LogP contribution in [-0.4, -0.2) is 56.6 Å². The summed E-state index contributed by atoms with van der Waals surface area (Å²) < 4.78 is 1.90. The predicted molar refractivity (Wildman–Crippen MR) is 94.7 cm³/mol. The summed E-state index contributed by atoms with van der Waals surface area (Å²) in [7, 11) is 0. The number of anilines is 1. The van der Waals surface area contributed by atoms with Gasteiger partial charge in [0.1, 0.15) is 11.6 Å². The van der Waals surface area contributed by atoms with Gasteiger partial charge in [-0.15, -0.1) is 10.2 Å². The highest BCUT2D eigenvalue weighted by atomic mass is 16.2. The minimum atomic E-state index is 0.0540. The SMILES string of the molecule is CCc1nnc2ccc(C(=O)N3CCN(c4ccccn4)CC3)cn12. The predicted octanol–water partition coefficient (Wildman–Crippen LogP) is 1.65. The van der Waals surface area contributed by atoms with Crippen molar-refractivity contribution in [2.45, 2.75) is 13.3 Å². The number of hydrogen-bond donors (Lipinski definition) is 0. The molecule has 0 N–H and O–H groups in total. The molecule has 25 heavy (non-hydrogen) atoms. The zero-order chi connectivity index (χ0) is 17.2. The van der Waals surface area contributed by atoms with Gasteiger partial charge in [0.15, 0.2) is 5.65 Å². The van der Waals surface area contributed by atoms with Crippen LogP contribution in [0.3, 0.4) is 0 Å². The van der Waals surface area contributed by atoms with Crippen LogP contribution in [0.1, 0.15) is 23.1 Å². The van der Waals surface area contributed by atoms with Crippen molar-refractivity contribution in [3.63, 3.8) is 0 Å². The number of pyridine rings is 2. The first-order chi connectivity index (χ1) is 12.3. The van der Waals surface area contributed by atoms with E-state index < -0.39 is 0 Å². The molecule has 0 radical (unpaired) electrons. The molecule has 1 fully saturated rings. The average Bonchev–Trinajstić information content (AvgIpc) is 3.10. The number of nitrogens with zero attached hydrogens (tertiary/aromatic N) is 6. The fraction of sp³-hybridized carbons (Fsp3) is 0.333. The number of amides is 1. The van der Waals surface area contributed by atoms with Crippen molar-refractivity contribution in [2.24, 2.45) is 0 Å². The van der Waals surface area contributed by atoms with E-state index in [1.54, 1.807) is 6.20 Å². The van der Waals surface area contributed by atoms with Gasteiger partial charge < -0.3 is 9.80 Å². The quantitative estimate of drug-likeness (QED) is 0.727. The van der Waals surface area contributed by atoms with E-state index >= 15 is 0 Å². The highest BCUT2D eigenvalue weighted by Gasteiger charge is 2.23. The van der Waals surface area contributed by atoms with Gasteiger partial charge in [-0.25, -0.2) is 4.98 Å². The van der Waals surface area contributed by atoms with E-state index in [0.29, 0.717) is 18.7 Å². The Morgan fingerprint density at radius 1 is 1.08 bits per heavy atom. The molecule has 7 nitrogen and oxygen atoms in total. The maximum Gasteiger partial charge on any atom is 0.255 e. The highest BCUT2D eigenvalue weighted by molar-refractivity contribution is 5.94. The van der Waals surface area contributed by atoms with E-state index in [1.165, 1.54) is 0 Å². The van der Waals surface area contributed by atoms with Gasteiger partial charge in [-0.1, -0.05) is 13.0 Å². The Balaban J connectivity index is 1.49. The molecule has 0 atom stereocenters. The van der Waals surface area contributed by atoms with E-state index in [9.17, 15) is 4.79 Å². The average molecular weight is 336 g/mol. The Morgan fingerprint density at radius 3 is 2.64 bits per heavy atom. The number of rotatable bonds is 3. The standard InChI is InChI=1S/C18H20N6O/c1-2-15-20-21-17-7-6-14(13-24(15)17)18(25)23-11-9-22(10-12-23)16-5-3-4-8-19-16/h3-8,13H,2,9-12H2,1H3. The van der Waals surface area contributed by atoms with Crippen molar-refractivity contribution in [3.05, 3.63) is 54.1 Å². The first-order valence-electron chi connectivity index (χ1n) is 8.55. The number of piperazine rings is 1. The lowest BCUT2D eigenvalue weighted by atomic mass is 10.2. The molecule has 4 heterocycles. The Morgan fingerprint density at radius 2 is 1.92 bits per heavy atom. The van der Waals surface area contributed by atoms with E-state index in [4.69, 9.17) is 0 Å². The molecule has 0 aliphatic carbocycles. The monoisotopic (exact) mass is 336 g/mol. The highest BCUT2D eigenvalue weighted by Crippen LogP contribution is 2.15. The number of carbonyl (C=O) groups excluding carboxylic acids is 1. The van der Waals surface area contributed by atoms with E-state index in [1.807, 2.05) is 52.8 Å². The molecule has 1 saturated heterocycles. The van der Waals surface area contributed by atoms with E-state index in [2.05, 4.69) is 20.1 Å². The first-order valence-corrected chi connectivity index (χ1v) is 8.55. The van der Waals surface area contributed by atoms with Crippen LogP contribution in [0.4, 0.5) is 5.82 Å². The maximum atomic E-state index is 12.8. The summed E-state index contributed by atoms with van der Waals surface area (Å²) in [6, 6.07) is 9.58. The van der Waals surface area contributed by atoms with Gasteiger partial charge in [0.25, 0.3) is 5.91 Å². The number of hydrogen-bond acceptors (Lipinski definition) is 5. The van der Waals surface area contributed by atoms with Crippen LogP contribution in [0, 0.1) is 0 Å². The molecule has 0 aromatic carbocycles.